The van der Waals surface area contributed by atoms with E-state index in [1.165, 1.54) is 20.0 Å². The predicted molar refractivity (Wildman–Crippen MR) is 80.1 cm³/mol. The topological polar surface area (TPSA) is 35.5 Å². The summed E-state index contributed by atoms with van der Waals surface area (Å²) < 4.78 is 10.5. The highest BCUT2D eigenvalue weighted by Crippen LogP contribution is 2.39. The molecule has 1 aromatic carbocycles. The van der Waals surface area contributed by atoms with E-state index in [2.05, 4.69) is 0 Å². The quantitative estimate of drug-likeness (QED) is 0.606. The summed E-state index contributed by atoms with van der Waals surface area (Å²) in [5, 5.41) is 0.370. The highest BCUT2D eigenvalue weighted by Gasteiger charge is 2.26. The maximum absolute atomic E-state index is 12.7. The monoisotopic (exact) mass is 296 g/mol. The number of carbonyl (C=O) groups excluding carboxylic acids is 1. The first kappa shape index (κ1) is 15.2. The van der Waals surface area contributed by atoms with Crippen LogP contribution in [0.25, 0.3) is 0 Å². The molecule has 0 N–H and O–H groups in total. The molecule has 0 saturated heterocycles. The van der Waals surface area contributed by atoms with E-state index >= 15 is 0 Å². The van der Waals surface area contributed by atoms with Crippen LogP contribution >= 0.6 is 11.6 Å². The molecule has 1 saturated carbocycles. The molecule has 1 aliphatic carbocycles. The van der Waals surface area contributed by atoms with E-state index in [0.717, 1.165) is 25.7 Å². The molecule has 4 heteroatoms. The number of Topliss-reactive ketones (excluding diaryl/α,β-unsaturated/α-hetero) is 1. The van der Waals surface area contributed by atoms with Crippen molar-refractivity contribution in [2.24, 2.45) is 5.92 Å². The predicted octanol–water partition coefficient (Wildman–Crippen LogP) is 4.51. The molecule has 1 aromatic rings. The van der Waals surface area contributed by atoms with Crippen molar-refractivity contribution in [2.45, 2.75) is 38.5 Å². The molecule has 0 radical (unpaired) electrons. The Bertz CT molecular complexity index is 477. The van der Waals surface area contributed by atoms with Crippen LogP contribution in [0.2, 0.25) is 5.02 Å². The molecule has 0 atom stereocenters. The van der Waals surface area contributed by atoms with Gasteiger partial charge < -0.3 is 9.47 Å². The van der Waals surface area contributed by atoms with Crippen molar-refractivity contribution < 1.29 is 14.3 Å². The van der Waals surface area contributed by atoms with Crippen LogP contribution in [0.1, 0.15) is 48.9 Å². The van der Waals surface area contributed by atoms with Gasteiger partial charge in [-0.15, -0.1) is 0 Å². The fourth-order valence-electron chi connectivity index (χ4n) is 2.85. The second-order valence-electron chi connectivity index (χ2n) is 5.22. The third-order valence-electron chi connectivity index (χ3n) is 3.98. The van der Waals surface area contributed by atoms with Crippen molar-refractivity contribution in [3.63, 3.8) is 0 Å². The number of halogens is 1. The van der Waals surface area contributed by atoms with Crippen molar-refractivity contribution in [3.05, 3.63) is 22.7 Å². The lowest BCUT2D eigenvalue weighted by Crippen LogP contribution is -2.15. The number of benzene rings is 1. The van der Waals surface area contributed by atoms with E-state index in [1.807, 2.05) is 0 Å². The van der Waals surface area contributed by atoms with Crippen molar-refractivity contribution in [1.82, 2.24) is 0 Å². The minimum atomic E-state index is 0.0934. The van der Waals surface area contributed by atoms with Crippen molar-refractivity contribution in [3.8, 4) is 11.5 Å². The Morgan fingerprint density at radius 1 is 1.10 bits per heavy atom. The fraction of sp³-hybridized carbons (Fsp3) is 0.562. The highest BCUT2D eigenvalue weighted by atomic mass is 35.5. The van der Waals surface area contributed by atoms with Gasteiger partial charge in [0.1, 0.15) is 10.8 Å². The van der Waals surface area contributed by atoms with Gasteiger partial charge in [-0.3, -0.25) is 4.79 Å². The number of rotatable bonds is 4. The lowest BCUT2D eigenvalue weighted by atomic mass is 9.90. The van der Waals surface area contributed by atoms with E-state index in [4.69, 9.17) is 21.1 Å². The zero-order valence-electron chi connectivity index (χ0n) is 12.1. The minimum absolute atomic E-state index is 0.0934. The highest BCUT2D eigenvalue weighted by molar-refractivity contribution is 6.34. The van der Waals surface area contributed by atoms with Gasteiger partial charge in [0, 0.05) is 5.92 Å². The Labute approximate surface area is 125 Å². The SMILES string of the molecule is COc1ccc(C(=O)C2CCCCCC2)c(OC)c1Cl. The molecule has 1 aliphatic rings. The summed E-state index contributed by atoms with van der Waals surface area (Å²) in [5.74, 6) is 1.20. The Morgan fingerprint density at radius 3 is 2.30 bits per heavy atom. The number of hydrogen-bond acceptors (Lipinski definition) is 3. The molecule has 1 fully saturated rings. The average Bonchev–Trinajstić information content (AvgIpc) is 2.75. The van der Waals surface area contributed by atoms with Crippen molar-refractivity contribution in [2.75, 3.05) is 14.2 Å². The standard InChI is InChI=1S/C16H21ClO3/c1-19-13-10-9-12(16(20-2)14(13)17)15(18)11-7-5-3-4-6-8-11/h9-11H,3-8H2,1-2H3. The second kappa shape index (κ2) is 6.98. The van der Waals surface area contributed by atoms with E-state index in [1.54, 1.807) is 19.2 Å². The summed E-state index contributed by atoms with van der Waals surface area (Å²) in [6, 6.07) is 3.49. The molecule has 0 aromatic heterocycles. The molecular weight excluding hydrogens is 276 g/mol. The van der Waals surface area contributed by atoms with Gasteiger partial charge in [0.2, 0.25) is 0 Å². The van der Waals surface area contributed by atoms with Crippen LogP contribution in [-0.4, -0.2) is 20.0 Å². The molecule has 110 valence electrons. The minimum Gasteiger partial charge on any atom is -0.495 e. The molecule has 0 heterocycles. The molecule has 0 unspecified atom stereocenters. The van der Waals surface area contributed by atoms with Crippen LogP contribution < -0.4 is 9.47 Å². The lowest BCUT2D eigenvalue weighted by Gasteiger charge is -2.17. The van der Waals surface area contributed by atoms with E-state index in [0.29, 0.717) is 22.1 Å². The number of ketones is 1. The van der Waals surface area contributed by atoms with Gasteiger partial charge >= 0.3 is 0 Å². The molecule has 0 bridgehead atoms. The largest absolute Gasteiger partial charge is 0.495 e. The molecule has 0 aliphatic heterocycles. The zero-order chi connectivity index (χ0) is 14.5. The Balaban J connectivity index is 2.31. The Kier molecular flexibility index (Phi) is 5.30. The number of methoxy groups -OCH3 is 2. The van der Waals surface area contributed by atoms with Crippen LogP contribution in [0, 0.1) is 5.92 Å². The molecule has 0 spiro atoms. The van der Waals surface area contributed by atoms with Gasteiger partial charge in [-0.05, 0) is 25.0 Å². The molecule has 2 rings (SSSR count). The van der Waals surface area contributed by atoms with Gasteiger partial charge in [-0.25, -0.2) is 0 Å². The van der Waals surface area contributed by atoms with Gasteiger partial charge in [-0.1, -0.05) is 37.3 Å². The van der Waals surface area contributed by atoms with Gasteiger partial charge in [0.15, 0.2) is 11.5 Å². The number of carbonyl (C=O) groups is 1. The molecular formula is C16H21ClO3. The van der Waals surface area contributed by atoms with Crippen LogP contribution in [0.15, 0.2) is 12.1 Å². The maximum atomic E-state index is 12.7. The summed E-state index contributed by atoms with van der Waals surface area (Å²) in [7, 11) is 3.08. The first-order valence-corrected chi connectivity index (χ1v) is 7.51. The summed E-state index contributed by atoms with van der Waals surface area (Å²) in [6.07, 6.45) is 6.64. The van der Waals surface area contributed by atoms with Crippen LogP contribution in [0.5, 0.6) is 11.5 Å². The number of ether oxygens (including phenoxy) is 2. The fourth-order valence-corrected chi connectivity index (χ4v) is 3.17. The smallest absolute Gasteiger partial charge is 0.169 e. The van der Waals surface area contributed by atoms with Crippen LogP contribution in [0.4, 0.5) is 0 Å². The first-order valence-electron chi connectivity index (χ1n) is 7.13. The zero-order valence-corrected chi connectivity index (χ0v) is 12.8. The van der Waals surface area contributed by atoms with Crippen LogP contribution in [0.3, 0.4) is 0 Å². The summed E-state index contributed by atoms with van der Waals surface area (Å²) in [6.45, 7) is 0. The molecule has 0 amide bonds. The lowest BCUT2D eigenvalue weighted by molar-refractivity contribution is 0.0904. The molecule has 20 heavy (non-hydrogen) atoms. The Morgan fingerprint density at radius 2 is 1.75 bits per heavy atom. The number of hydrogen-bond donors (Lipinski definition) is 0. The van der Waals surface area contributed by atoms with Crippen molar-refractivity contribution in [1.29, 1.82) is 0 Å². The maximum Gasteiger partial charge on any atom is 0.169 e. The molecule has 3 nitrogen and oxygen atoms in total. The summed E-state index contributed by atoms with van der Waals surface area (Å²) in [4.78, 5) is 12.7. The first-order chi connectivity index (χ1) is 9.69. The van der Waals surface area contributed by atoms with Crippen LogP contribution in [-0.2, 0) is 0 Å². The normalized spacial score (nSPS) is 16.6. The third-order valence-corrected chi connectivity index (χ3v) is 4.34. The third kappa shape index (κ3) is 3.09. The van der Waals surface area contributed by atoms with Gasteiger partial charge in [0.25, 0.3) is 0 Å². The van der Waals surface area contributed by atoms with E-state index in [9.17, 15) is 4.79 Å². The van der Waals surface area contributed by atoms with Gasteiger partial charge in [0.05, 0.1) is 19.8 Å². The summed E-state index contributed by atoms with van der Waals surface area (Å²) in [5.41, 5.74) is 0.574. The van der Waals surface area contributed by atoms with Crippen molar-refractivity contribution >= 4 is 17.4 Å². The van der Waals surface area contributed by atoms with E-state index < -0.39 is 0 Å². The van der Waals surface area contributed by atoms with Gasteiger partial charge in [-0.2, -0.15) is 0 Å². The summed E-state index contributed by atoms with van der Waals surface area (Å²) >= 11 is 6.23. The van der Waals surface area contributed by atoms with E-state index in [-0.39, 0.29) is 11.7 Å². The average molecular weight is 297 g/mol. The Hall–Kier alpha value is -1.22. The second-order valence-corrected chi connectivity index (χ2v) is 5.59.